The van der Waals surface area contributed by atoms with E-state index in [1.54, 1.807) is 0 Å². The molecule has 1 aromatic carbocycles. The molecular formula is C17H24O4. The summed E-state index contributed by atoms with van der Waals surface area (Å²) in [6, 6.07) is 10.1. The lowest BCUT2D eigenvalue weighted by atomic mass is 10.0. The van der Waals surface area contributed by atoms with Crippen molar-refractivity contribution < 1.29 is 19.0 Å². The number of methoxy groups -OCH3 is 1. The van der Waals surface area contributed by atoms with E-state index in [1.165, 1.54) is 7.11 Å². The first-order chi connectivity index (χ1) is 10.3. The maximum atomic E-state index is 11.2. The van der Waals surface area contributed by atoms with Gasteiger partial charge >= 0.3 is 5.97 Å². The van der Waals surface area contributed by atoms with Crippen molar-refractivity contribution in [1.29, 1.82) is 0 Å². The Morgan fingerprint density at radius 1 is 1.33 bits per heavy atom. The zero-order chi connectivity index (χ0) is 14.9. The van der Waals surface area contributed by atoms with Crippen LogP contribution in [-0.2, 0) is 19.0 Å². The highest BCUT2D eigenvalue weighted by atomic mass is 16.7. The summed E-state index contributed by atoms with van der Waals surface area (Å²) < 4.78 is 16.5. The SMILES string of the molecule is COC(=O)CCC[C@@H](OC1CCCCO1)c1ccccc1. The molecule has 2 atom stereocenters. The highest BCUT2D eigenvalue weighted by Gasteiger charge is 2.21. The zero-order valence-electron chi connectivity index (χ0n) is 12.6. The molecule has 1 aliphatic heterocycles. The average Bonchev–Trinajstić information content (AvgIpc) is 2.55. The molecule has 1 fully saturated rings. The molecule has 0 bridgehead atoms. The van der Waals surface area contributed by atoms with E-state index in [0.29, 0.717) is 6.42 Å². The largest absolute Gasteiger partial charge is 0.469 e. The van der Waals surface area contributed by atoms with Gasteiger partial charge in [-0.2, -0.15) is 0 Å². The van der Waals surface area contributed by atoms with E-state index >= 15 is 0 Å². The number of ether oxygens (including phenoxy) is 3. The molecule has 21 heavy (non-hydrogen) atoms. The van der Waals surface area contributed by atoms with Gasteiger partial charge in [-0.15, -0.1) is 0 Å². The lowest BCUT2D eigenvalue weighted by Gasteiger charge is -2.28. The lowest BCUT2D eigenvalue weighted by molar-refractivity contribution is -0.191. The fraction of sp³-hybridized carbons (Fsp3) is 0.588. The minimum absolute atomic E-state index is 0.0287. The first kappa shape index (κ1) is 16.0. The van der Waals surface area contributed by atoms with Gasteiger partial charge in [-0.3, -0.25) is 4.79 Å². The summed E-state index contributed by atoms with van der Waals surface area (Å²) in [5.74, 6) is -0.171. The number of rotatable bonds is 7. The monoisotopic (exact) mass is 292 g/mol. The molecule has 0 spiro atoms. The van der Waals surface area contributed by atoms with Gasteiger partial charge in [0.1, 0.15) is 0 Å². The number of benzene rings is 1. The van der Waals surface area contributed by atoms with E-state index in [2.05, 4.69) is 16.9 Å². The van der Waals surface area contributed by atoms with Gasteiger partial charge in [0.25, 0.3) is 0 Å². The highest BCUT2D eigenvalue weighted by molar-refractivity contribution is 5.68. The van der Waals surface area contributed by atoms with Crippen LogP contribution in [-0.4, -0.2) is 26.0 Å². The molecule has 0 amide bonds. The van der Waals surface area contributed by atoms with Crippen molar-refractivity contribution in [2.24, 2.45) is 0 Å². The predicted molar refractivity (Wildman–Crippen MR) is 79.7 cm³/mol. The quantitative estimate of drug-likeness (QED) is 0.720. The molecule has 0 saturated carbocycles. The van der Waals surface area contributed by atoms with Gasteiger partial charge in [-0.25, -0.2) is 0 Å². The van der Waals surface area contributed by atoms with E-state index in [4.69, 9.17) is 9.47 Å². The molecule has 0 N–H and O–H groups in total. The van der Waals surface area contributed by atoms with Crippen LogP contribution in [0.3, 0.4) is 0 Å². The Labute approximate surface area is 126 Å². The third kappa shape index (κ3) is 5.48. The fourth-order valence-electron chi connectivity index (χ4n) is 2.52. The van der Waals surface area contributed by atoms with Crippen LogP contribution >= 0.6 is 0 Å². The van der Waals surface area contributed by atoms with Gasteiger partial charge in [-0.05, 0) is 37.7 Å². The van der Waals surface area contributed by atoms with Crippen molar-refractivity contribution in [3.63, 3.8) is 0 Å². The Morgan fingerprint density at radius 3 is 2.81 bits per heavy atom. The molecule has 1 aliphatic rings. The van der Waals surface area contributed by atoms with E-state index in [9.17, 15) is 4.79 Å². The van der Waals surface area contributed by atoms with Gasteiger partial charge in [0.2, 0.25) is 0 Å². The molecule has 4 nitrogen and oxygen atoms in total. The van der Waals surface area contributed by atoms with Gasteiger partial charge in [0, 0.05) is 13.0 Å². The van der Waals surface area contributed by atoms with Crippen molar-refractivity contribution in [2.45, 2.75) is 50.9 Å². The van der Waals surface area contributed by atoms with Gasteiger partial charge < -0.3 is 14.2 Å². The smallest absolute Gasteiger partial charge is 0.305 e. The molecule has 0 aliphatic carbocycles. The Balaban J connectivity index is 1.91. The second-order valence-corrected chi connectivity index (χ2v) is 5.30. The Bertz CT molecular complexity index is 412. The predicted octanol–water partition coefficient (Wildman–Crippen LogP) is 3.61. The Hall–Kier alpha value is -1.39. The van der Waals surface area contributed by atoms with Crippen LogP contribution < -0.4 is 0 Å². The third-order valence-electron chi connectivity index (χ3n) is 3.70. The molecule has 0 radical (unpaired) electrons. The molecule has 1 aromatic rings. The Kier molecular flexibility index (Phi) is 6.70. The summed E-state index contributed by atoms with van der Waals surface area (Å²) in [6.07, 6.45) is 5.01. The molecular weight excluding hydrogens is 268 g/mol. The number of esters is 1. The van der Waals surface area contributed by atoms with E-state index < -0.39 is 0 Å². The van der Waals surface area contributed by atoms with Crippen LogP contribution in [0.4, 0.5) is 0 Å². The number of carbonyl (C=O) groups excluding carboxylic acids is 1. The van der Waals surface area contributed by atoms with Crippen molar-refractivity contribution in [3.05, 3.63) is 35.9 Å². The molecule has 0 aromatic heterocycles. The molecule has 4 heteroatoms. The van der Waals surface area contributed by atoms with E-state index in [1.807, 2.05) is 18.2 Å². The van der Waals surface area contributed by atoms with Crippen LogP contribution in [0.1, 0.15) is 50.2 Å². The highest BCUT2D eigenvalue weighted by Crippen LogP contribution is 2.28. The average molecular weight is 292 g/mol. The standard InChI is InChI=1S/C17H24O4/c1-19-16(18)11-7-10-15(14-8-3-2-4-9-14)21-17-12-5-6-13-20-17/h2-4,8-9,15,17H,5-7,10-13H2,1H3/t15-,17?/m1/s1. The summed E-state index contributed by atoms with van der Waals surface area (Å²) in [6.45, 7) is 0.772. The van der Waals surface area contributed by atoms with Crippen molar-refractivity contribution >= 4 is 5.97 Å². The second-order valence-electron chi connectivity index (χ2n) is 5.30. The van der Waals surface area contributed by atoms with Crippen LogP contribution in [0.2, 0.25) is 0 Å². The summed E-state index contributed by atoms with van der Waals surface area (Å²) in [5.41, 5.74) is 1.14. The molecule has 116 valence electrons. The summed E-state index contributed by atoms with van der Waals surface area (Å²) in [7, 11) is 1.42. The fourth-order valence-corrected chi connectivity index (χ4v) is 2.52. The van der Waals surface area contributed by atoms with Crippen LogP contribution in [0.15, 0.2) is 30.3 Å². The van der Waals surface area contributed by atoms with Crippen molar-refractivity contribution in [1.82, 2.24) is 0 Å². The molecule has 1 heterocycles. The second kappa shape index (κ2) is 8.80. The minimum atomic E-state index is -0.171. The summed E-state index contributed by atoms with van der Waals surface area (Å²) in [5, 5.41) is 0. The lowest BCUT2D eigenvalue weighted by Crippen LogP contribution is -2.24. The number of carbonyl (C=O) groups is 1. The topological polar surface area (TPSA) is 44.8 Å². The van der Waals surface area contributed by atoms with Crippen LogP contribution in [0.25, 0.3) is 0 Å². The first-order valence-electron chi connectivity index (χ1n) is 7.68. The van der Waals surface area contributed by atoms with Gasteiger partial charge in [0.05, 0.1) is 13.2 Å². The minimum Gasteiger partial charge on any atom is -0.469 e. The van der Waals surface area contributed by atoms with Crippen LogP contribution in [0.5, 0.6) is 0 Å². The zero-order valence-corrected chi connectivity index (χ0v) is 12.6. The Morgan fingerprint density at radius 2 is 2.14 bits per heavy atom. The van der Waals surface area contributed by atoms with Crippen molar-refractivity contribution in [3.8, 4) is 0 Å². The third-order valence-corrected chi connectivity index (χ3v) is 3.70. The van der Waals surface area contributed by atoms with E-state index in [0.717, 1.165) is 44.3 Å². The van der Waals surface area contributed by atoms with Crippen molar-refractivity contribution in [2.75, 3.05) is 13.7 Å². The molecule has 1 saturated heterocycles. The maximum Gasteiger partial charge on any atom is 0.305 e. The molecule has 2 rings (SSSR count). The number of hydrogen-bond acceptors (Lipinski definition) is 4. The van der Waals surface area contributed by atoms with E-state index in [-0.39, 0.29) is 18.4 Å². The molecule has 1 unspecified atom stereocenters. The summed E-state index contributed by atoms with van der Waals surface area (Å²) in [4.78, 5) is 11.2. The number of hydrogen-bond donors (Lipinski definition) is 0. The van der Waals surface area contributed by atoms with Gasteiger partial charge in [-0.1, -0.05) is 30.3 Å². The van der Waals surface area contributed by atoms with Gasteiger partial charge in [0.15, 0.2) is 6.29 Å². The maximum absolute atomic E-state index is 11.2. The first-order valence-corrected chi connectivity index (χ1v) is 7.68. The summed E-state index contributed by atoms with van der Waals surface area (Å²) >= 11 is 0. The normalized spacial score (nSPS) is 20.0. The van der Waals surface area contributed by atoms with Crippen LogP contribution in [0, 0.1) is 0 Å².